The number of nitrogens with zero attached hydrogens (tertiary/aromatic N) is 4. The van der Waals surface area contributed by atoms with E-state index in [9.17, 15) is 0 Å². The first-order valence-corrected chi connectivity index (χ1v) is 30.0. The first kappa shape index (κ1) is 55.1. The summed E-state index contributed by atoms with van der Waals surface area (Å²) >= 11 is 0. The fourth-order valence-corrected chi connectivity index (χ4v) is 13.0. The molecule has 13 rings (SSSR count). The summed E-state index contributed by atoms with van der Waals surface area (Å²) in [5, 5.41) is 0. The van der Waals surface area contributed by atoms with Crippen LogP contribution in [-0.4, -0.2) is 0 Å². The maximum absolute atomic E-state index is 4.69. The van der Waals surface area contributed by atoms with E-state index in [-0.39, 0.29) is 0 Å². The largest absolute Gasteiger partial charge is 0.311 e. The van der Waals surface area contributed by atoms with E-state index in [2.05, 4.69) is 349 Å². The molecular weight excluding hydrogens is 1040 g/mol. The Morgan fingerprint density at radius 1 is 0.279 bits per heavy atom. The van der Waals surface area contributed by atoms with Gasteiger partial charge in [0.2, 0.25) is 0 Å². The summed E-state index contributed by atoms with van der Waals surface area (Å²) < 4.78 is 0. The number of aryl methyl sites for hydroxylation is 8. The third-order valence-electron chi connectivity index (χ3n) is 17.6. The van der Waals surface area contributed by atoms with Gasteiger partial charge in [0.1, 0.15) is 0 Å². The van der Waals surface area contributed by atoms with E-state index in [1.165, 1.54) is 89.0 Å². The molecule has 11 aromatic carbocycles. The molecule has 86 heavy (non-hydrogen) atoms. The Morgan fingerprint density at radius 3 is 0.756 bits per heavy atom. The van der Waals surface area contributed by atoms with E-state index in [1.54, 1.807) is 0 Å². The first-order valence-electron chi connectivity index (χ1n) is 30.0. The van der Waals surface area contributed by atoms with Gasteiger partial charge in [-0.15, -0.1) is 0 Å². The molecule has 1 spiro atoms. The third-order valence-corrected chi connectivity index (χ3v) is 17.6. The number of hydrogen-bond donors (Lipinski definition) is 0. The van der Waals surface area contributed by atoms with Crippen LogP contribution in [0, 0.1) is 55.4 Å². The van der Waals surface area contributed by atoms with E-state index in [0.717, 1.165) is 68.3 Å². The molecular formula is C82H72N4. The van der Waals surface area contributed by atoms with Crippen molar-refractivity contribution in [2.45, 2.75) is 67.7 Å². The van der Waals surface area contributed by atoms with Crippen molar-refractivity contribution in [3.63, 3.8) is 0 Å². The Hall–Kier alpha value is -10.2. The molecule has 0 N–H and O–H groups in total. The van der Waals surface area contributed by atoms with E-state index in [0.29, 0.717) is 0 Å². The minimum absolute atomic E-state index is 0.892. The minimum Gasteiger partial charge on any atom is -0.311 e. The second-order valence-corrected chi connectivity index (χ2v) is 23.8. The van der Waals surface area contributed by atoms with E-state index in [1.807, 2.05) is 0 Å². The second kappa shape index (κ2) is 22.4. The predicted octanol–water partition coefficient (Wildman–Crippen LogP) is 22.6. The highest BCUT2D eigenvalue weighted by Gasteiger charge is 2.53. The number of hydrogen-bond acceptors (Lipinski definition) is 4. The van der Waals surface area contributed by atoms with Crippen LogP contribution in [-0.2, 0) is 5.41 Å². The molecule has 4 heteroatoms. The molecule has 0 amide bonds. The average Bonchev–Trinajstić information content (AvgIpc) is 1.51. The first-order chi connectivity index (χ1) is 41.7. The second-order valence-electron chi connectivity index (χ2n) is 23.8. The van der Waals surface area contributed by atoms with Crippen molar-refractivity contribution in [3.8, 4) is 11.1 Å². The number of benzene rings is 11. The summed E-state index contributed by atoms with van der Waals surface area (Å²) in [4.78, 5) is 9.66. The lowest BCUT2D eigenvalue weighted by Gasteiger charge is -2.36. The highest BCUT2D eigenvalue weighted by atomic mass is 15.2. The normalized spacial score (nSPS) is 12.9. The molecule has 0 aliphatic heterocycles. The van der Waals surface area contributed by atoms with Gasteiger partial charge < -0.3 is 19.6 Å². The molecule has 2 aliphatic carbocycles. The summed E-state index contributed by atoms with van der Waals surface area (Å²) in [7, 11) is 0. The Bertz CT molecular complexity index is 4070. The van der Waals surface area contributed by atoms with Gasteiger partial charge in [0, 0.05) is 68.3 Å². The molecule has 0 radical (unpaired) electrons. The summed E-state index contributed by atoms with van der Waals surface area (Å²) in [6.07, 6.45) is 4.52. The third kappa shape index (κ3) is 9.91. The van der Waals surface area contributed by atoms with Crippen LogP contribution in [0.2, 0.25) is 0 Å². The molecule has 420 valence electrons. The van der Waals surface area contributed by atoms with Gasteiger partial charge in [-0.2, -0.15) is 0 Å². The fourth-order valence-electron chi connectivity index (χ4n) is 13.0. The van der Waals surface area contributed by atoms with E-state index < -0.39 is 5.41 Å². The van der Waals surface area contributed by atoms with Crippen LogP contribution in [0.5, 0.6) is 0 Å². The van der Waals surface area contributed by atoms with Gasteiger partial charge in [-0.3, -0.25) is 0 Å². The van der Waals surface area contributed by atoms with Crippen molar-refractivity contribution < 1.29 is 0 Å². The van der Waals surface area contributed by atoms with Gasteiger partial charge in [0.25, 0.3) is 0 Å². The molecule has 0 heterocycles. The lowest BCUT2D eigenvalue weighted by molar-refractivity contribution is 0.784. The van der Waals surface area contributed by atoms with Gasteiger partial charge in [-0.25, -0.2) is 0 Å². The van der Waals surface area contributed by atoms with Gasteiger partial charge in [-0.05, 0) is 252 Å². The number of rotatable bonds is 14. The maximum Gasteiger partial charge on any atom is 0.0725 e. The lowest BCUT2D eigenvalue weighted by Crippen LogP contribution is -2.29. The predicted molar refractivity (Wildman–Crippen MR) is 366 cm³/mol. The van der Waals surface area contributed by atoms with Crippen molar-refractivity contribution in [2.24, 2.45) is 0 Å². The molecule has 0 unspecified atom stereocenters. The molecule has 0 saturated carbocycles. The van der Waals surface area contributed by atoms with Crippen molar-refractivity contribution in [3.05, 3.63) is 345 Å². The zero-order valence-corrected chi connectivity index (χ0v) is 50.8. The van der Waals surface area contributed by atoms with Crippen molar-refractivity contribution in [1.29, 1.82) is 0 Å². The maximum atomic E-state index is 4.69. The standard InChI is InChI=1S/C82H72N4/c1-11-63(83(64-28-12-54(2)13-29-64)65-30-14-55(3)15-31-65)50-78-62(10)75-47-44-72(84(66-32-16-56(4)17-33-66)67-34-18-57(5)19-35-67)51-79(75)82(78)80-52-73(85(68-36-20-58(6)21-37-68)69-38-22-59(7)23-39-69)45-48-76(80)77-49-46-74(53-81(77)82)86(70-40-24-60(8)25-41-70)71-42-26-61(9)27-43-71/h11-53H,1H2,2-10H3. The van der Waals surface area contributed by atoms with Crippen LogP contribution in [0.3, 0.4) is 0 Å². The number of allylic oxidation sites excluding steroid dienone is 4. The fraction of sp³-hybridized carbons (Fsp3) is 0.122. The summed E-state index contributed by atoms with van der Waals surface area (Å²) in [5.41, 5.74) is 31.2. The quantitative estimate of drug-likeness (QED) is 0.101. The Kier molecular flexibility index (Phi) is 14.4. The smallest absolute Gasteiger partial charge is 0.0725 e. The SMILES string of the molecule is C=CC(=CC1=C(C)c2ccc(N(c3ccc(C)cc3)c3ccc(C)cc3)cc2C12c1cc(N(c3ccc(C)cc3)c3ccc(C)cc3)ccc1-c1ccc(N(c3ccc(C)cc3)c3ccc(C)cc3)cc12)N(c1ccc(C)cc1)c1ccc(C)cc1. The van der Waals surface area contributed by atoms with Crippen LogP contribution in [0.25, 0.3) is 16.7 Å². The summed E-state index contributed by atoms with van der Waals surface area (Å²) in [6.45, 7) is 24.3. The van der Waals surface area contributed by atoms with Gasteiger partial charge in [-0.1, -0.05) is 166 Å². The minimum atomic E-state index is -0.892. The van der Waals surface area contributed by atoms with Crippen molar-refractivity contribution in [1.82, 2.24) is 0 Å². The van der Waals surface area contributed by atoms with Crippen LogP contribution >= 0.6 is 0 Å². The highest BCUT2D eigenvalue weighted by Crippen LogP contribution is 2.64. The number of anilines is 11. The summed E-state index contributed by atoms with van der Waals surface area (Å²) in [5.74, 6) is 0. The molecule has 0 fully saturated rings. The molecule has 2 aliphatic rings. The van der Waals surface area contributed by atoms with Crippen LogP contribution in [0.4, 0.5) is 62.6 Å². The molecule has 0 aromatic heterocycles. The molecule has 0 atom stereocenters. The Morgan fingerprint density at radius 2 is 0.500 bits per heavy atom. The van der Waals surface area contributed by atoms with Crippen molar-refractivity contribution >= 4 is 68.1 Å². The van der Waals surface area contributed by atoms with Crippen LogP contribution in [0.1, 0.15) is 73.7 Å². The average molecular weight is 1110 g/mol. The monoisotopic (exact) mass is 1110 g/mol. The van der Waals surface area contributed by atoms with Crippen molar-refractivity contribution in [2.75, 3.05) is 19.6 Å². The van der Waals surface area contributed by atoms with Crippen LogP contribution < -0.4 is 19.6 Å². The topological polar surface area (TPSA) is 13.0 Å². The molecule has 0 bridgehead atoms. The van der Waals surface area contributed by atoms with Gasteiger partial charge in [0.05, 0.1) is 5.41 Å². The Balaban J connectivity index is 1.15. The Labute approximate surface area is 509 Å². The zero-order valence-electron chi connectivity index (χ0n) is 50.8. The molecule has 4 nitrogen and oxygen atoms in total. The lowest BCUT2D eigenvalue weighted by atomic mass is 9.69. The molecule has 11 aromatic rings. The zero-order chi connectivity index (χ0) is 59.4. The van der Waals surface area contributed by atoms with Crippen LogP contribution in [0.15, 0.2) is 279 Å². The van der Waals surface area contributed by atoms with Gasteiger partial charge >= 0.3 is 0 Å². The molecule has 0 saturated heterocycles. The van der Waals surface area contributed by atoms with Gasteiger partial charge in [0.15, 0.2) is 0 Å². The summed E-state index contributed by atoms with van der Waals surface area (Å²) in [6, 6.07) is 93.2. The highest BCUT2D eigenvalue weighted by molar-refractivity contribution is 5.99. The van der Waals surface area contributed by atoms with E-state index >= 15 is 0 Å². The van der Waals surface area contributed by atoms with E-state index in [4.69, 9.17) is 0 Å². The number of fused-ring (bicyclic) bond motifs is 7.